The van der Waals surface area contributed by atoms with Crippen LogP contribution in [0.15, 0.2) is 0 Å². The standard InChI is InChI=1S/C9H18ClNO4S/c1-8-7-15-9(6-12)5-11(8)16(13,14)4-2-3-10/h8-9,12H,2-7H2,1H3. The number of aliphatic hydroxyl groups is 1. The van der Waals surface area contributed by atoms with Crippen LogP contribution < -0.4 is 0 Å². The van der Waals surface area contributed by atoms with Gasteiger partial charge in [0.15, 0.2) is 0 Å². The second-order valence-electron chi connectivity index (χ2n) is 3.92. The van der Waals surface area contributed by atoms with Gasteiger partial charge in [0, 0.05) is 18.5 Å². The lowest BCUT2D eigenvalue weighted by Crippen LogP contribution is -2.52. The molecule has 0 saturated carbocycles. The maximum Gasteiger partial charge on any atom is 0.214 e. The Kier molecular flexibility index (Phi) is 5.46. The van der Waals surface area contributed by atoms with E-state index in [-0.39, 0.29) is 24.9 Å². The molecule has 7 heteroatoms. The number of hydrogen-bond donors (Lipinski definition) is 1. The number of nitrogens with zero attached hydrogens (tertiary/aromatic N) is 1. The van der Waals surface area contributed by atoms with Crippen molar-refractivity contribution in [2.45, 2.75) is 25.5 Å². The first kappa shape index (κ1) is 14.2. The van der Waals surface area contributed by atoms with Crippen molar-refractivity contribution in [2.75, 3.05) is 31.4 Å². The van der Waals surface area contributed by atoms with Crippen molar-refractivity contribution in [1.29, 1.82) is 0 Å². The lowest BCUT2D eigenvalue weighted by atomic mass is 10.2. The largest absolute Gasteiger partial charge is 0.394 e. The van der Waals surface area contributed by atoms with Crippen LogP contribution in [-0.4, -0.2) is 61.4 Å². The fourth-order valence-electron chi connectivity index (χ4n) is 1.64. The second kappa shape index (κ2) is 6.16. The van der Waals surface area contributed by atoms with E-state index in [1.54, 1.807) is 6.92 Å². The molecule has 0 radical (unpaired) electrons. The van der Waals surface area contributed by atoms with Gasteiger partial charge in [-0.1, -0.05) is 0 Å². The summed E-state index contributed by atoms with van der Waals surface area (Å²) >= 11 is 5.49. The van der Waals surface area contributed by atoms with Gasteiger partial charge in [-0.25, -0.2) is 8.42 Å². The maximum absolute atomic E-state index is 11.9. The lowest BCUT2D eigenvalue weighted by molar-refractivity contribution is -0.0516. The van der Waals surface area contributed by atoms with Crippen LogP contribution in [0.2, 0.25) is 0 Å². The topological polar surface area (TPSA) is 66.8 Å². The molecule has 1 fully saturated rings. The minimum absolute atomic E-state index is 0.0546. The molecular formula is C9H18ClNO4S. The van der Waals surface area contributed by atoms with Crippen LogP contribution >= 0.6 is 11.6 Å². The average Bonchev–Trinajstić information content (AvgIpc) is 2.27. The van der Waals surface area contributed by atoms with Crippen molar-refractivity contribution in [3.63, 3.8) is 0 Å². The third-order valence-electron chi connectivity index (χ3n) is 2.55. The molecule has 0 spiro atoms. The SMILES string of the molecule is CC1COC(CO)CN1S(=O)(=O)CCCCl. The quantitative estimate of drug-likeness (QED) is 0.717. The summed E-state index contributed by atoms with van der Waals surface area (Å²) in [6.07, 6.45) is 0.0274. The van der Waals surface area contributed by atoms with Gasteiger partial charge in [0.25, 0.3) is 0 Å². The van der Waals surface area contributed by atoms with Gasteiger partial charge in [0.2, 0.25) is 10.0 Å². The van der Waals surface area contributed by atoms with Crippen LogP contribution in [0.25, 0.3) is 0 Å². The molecule has 16 heavy (non-hydrogen) atoms. The van der Waals surface area contributed by atoms with Gasteiger partial charge >= 0.3 is 0 Å². The van der Waals surface area contributed by atoms with E-state index in [0.29, 0.717) is 18.9 Å². The summed E-state index contributed by atoms with van der Waals surface area (Å²) in [6.45, 7) is 2.19. The Morgan fingerprint density at radius 2 is 2.25 bits per heavy atom. The smallest absolute Gasteiger partial charge is 0.214 e. The zero-order valence-corrected chi connectivity index (χ0v) is 10.9. The Morgan fingerprint density at radius 1 is 1.56 bits per heavy atom. The molecule has 2 atom stereocenters. The number of morpholine rings is 1. The predicted octanol–water partition coefficient (Wildman–Crippen LogP) is 0.0267. The molecule has 0 aromatic rings. The second-order valence-corrected chi connectivity index (χ2v) is 6.33. The van der Waals surface area contributed by atoms with E-state index in [1.165, 1.54) is 4.31 Å². The highest BCUT2D eigenvalue weighted by molar-refractivity contribution is 7.89. The molecule has 1 rings (SSSR count). The molecule has 96 valence electrons. The van der Waals surface area contributed by atoms with E-state index in [1.807, 2.05) is 0 Å². The number of aliphatic hydroxyl groups excluding tert-OH is 1. The van der Waals surface area contributed by atoms with Gasteiger partial charge in [0.1, 0.15) is 0 Å². The zero-order valence-electron chi connectivity index (χ0n) is 9.30. The highest BCUT2D eigenvalue weighted by Gasteiger charge is 2.33. The van der Waals surface area contributed by atoms with E-state index in [4.69, 9.17) is 21.4 Å². The van der Waals surface area contributed by atoms with Gasteiger partial charge < -0.3 is 9.84 Å². The summed E-state index contributed by atoms with van der Waals surface area (Å²) in [7, 11) is -3.28. The Bertz CT molecular complexity index is 309. The van der Waals surface area contributed by atoms with E-state index in [0.717, 1.165) is 0 Å². The van der Waals surface area contributed by atoms with Gasteiger partial charge in [-0.15, -0.1) is 11.6 Å². The Hall–Kier alpha value is 0.120. The van der Waals surface area contributed by atoms with E-state index in [9.17, 15) is 8.42 Å². The first-order valence-corrected chi connectivity index (χ1v) is 7.43. The van der Waals surface area contributed by atoms with Crippen LogP contribution in [-0.2, 0) is 14.8 Å². The van der Waals surface area contributed by atoms with Crippen molar-refractivity contribution in [1.82, 2.24) is 4.31 Å². The van der Waals surface area contributed by atoms with Crippen molar-refractivity contribution < 1.29 is 18.3 Å². The molecule has 1 saturated heterocycles. The zero-order chi connectivity index (χ0) is 12.2. The van der Waals surface area contributed by atoms with Gasteiger partial charge in [-0.2, -0.15) is 4.31 Å². The molecule has 2 unspecified atom stereocenters. The summed E-state index contributed by atoms with van der Waals surface area (Å²) in [5.41, 5.74) is 0. The Balaban J connectivity index is 2.68. The minimum atomic E-state index is -3.28. The molecule has 1 N–H and O–H groups in total. The number of hydrogen-bond acceptors (Lipinski definition) is 4. The van der Waals surface area contributed by atoms with Crippen LogP contribution in [0.1, 0.15) is 13.3 Å². The Labute approximate surface area is 101 Å². The van der Waals surface area contributed by atoms with Crippen LogP contribution in [0.4, 0.5) is 0 Å². The summed E-state index contributed by atoms with van der Waals surface area (Å²) in [4.78, 5) is 0. The summed E-state index contributed by atoms with van der Waals surface area (Å²) in [5, 5.41) is 8.97. The van der Waals surface area contributed by atoms with E-state index < -0.39 is 16.1 Å². The molecule has 1 heterocycles. The van der Waals surface area contributed by atoms with Crippen molar-refractivity contribution in [3.8, 4) is 0 Å². The van der Waals surface area contributed by atoms with Crippen molar-refractivity contribution >= 4 is 21.6 Å². The highest BCUT2D eigenvalue weighted by Crippen LogP contribution is 2.16. The number of halogens is 1. The molecule has 0 aromatic heterocycles. The third kappa shape index (κ3) is 3.56. The molecule has 0 bridgehead atoms. The fraction of sp³-hybridized carbons (Fsp3) is 1.00. The first-order chi connectivity index (χ1) is 7.51. The Morgan fingerprint density at radius 3 is 2.81 bits per heavy atom. The maximum atomic E-state index is 11.9. The average molecular weight is 272 g/mol. The molecule has 0 aromatic carbocycles. The monoisotopic (exact) mass is 271 g/mol. The molecule has 5 nitrogen and oxygen atoms in total. The number of sulfonamides is 1. The highest BCUT2D eigenvalue weighted by atomic mass is 35.5. The number of ether oxygens (including phenoxy) is 1. The molecule has 1 aliphatic rings. The van der Waals surface area contributed by atoms with E-state index >= 15 is 0 Å². The van der Waals surface area contributed by atoms with Gasteiger partial charge in [0.05, 0.1) is 25.1 Å². The van der Waals surface area contributed by atoms with Gasteiger partial charge in [-0.3, -0.25) is 0 Å². The van der Waals surface area contributed by atoms with Crippen LogP contribution in [0, 0.1) is 0 Å². The third-order valence-corrected chi connectivity index (χ3v) is 4.84. The molecule has 1 aliphatic heterocycles. The normalized spacial score (nSPS) is 28.2. The lowest BCUT2D eigenvalue weighted by Gasteiger charge is -2.36. The summed E-state index contributed by atoms with van der Waals surface area (Å²) in [6, 6.07) is -0.178. The van der Waals surface area contributed by atoms with Crippen LogP contribution in [0.5, 0.6) is 0 Å². The predicted molar refractivity (Wildman–Crippen MR) is 62.1 cm³/mol. The number of alkyl halides is 1. The molecule has 0 aliphatic carbocycles. The van der Waals surface area contributed by atoms with Crippen molar-refractivity contribution in [3.05, 3.63) is 0 Å². The summed E-state index contributed by atoms with van der Waals surface area (Å²) < 4.78 is 30.6. The fourth-order valence-corrected chi connectivity index (χ4v) is 3.68. The summed E-state index contributed by atoms with van der Waals surface area (Å²) in [5.74, 6) is 0.389. The van der Waals surface area contributed by atoms with Crippen LogP contribution in [0.3, 0.4) is 0 Å². The van der Waals surface area contributed by atoms with Gasteiger partial charge in [-0.05, 0) is 13.3 Å². The number of rotatable bonds is 5. The molecular weight excluding hydrogens is 254 g/mol. The molecule has 0 amide bonds. The first-order valence-electron chi connectivity index (χ1n) is 5.29. The van der Waals surface area contributed by atoms with E-state index in [2.05, 4.69) is 0 Å². The minimum Gasteiger partial charge on any atom is -0.394 e. The van der Waals surface area contributed by atoms with Crippen molar-refractivity contribution in [2.24, 2.45) is 0 Å².